The first-order chi connectivity index (χ1) is 12.7. The van der Waals surface area contributed by atoms with Crippen molar-refractivity contribution in [3.63, 3.8) is 0 Å². The summed E-state index contributed by atoms with van der Waals surface area (Å²) in [6, 6.07) is 9.34. The molecule has 0 radical (unpaired) electrons. The SMILES string of the molecule is CCCOc1ccc(NS(=O)(=O)c2ccc(NC(C)=O)cc2)c([N+](=O)[O-])c1. The van der Waals surface area contributed by atoms with E-state index in [2.05, 4.69) is 10.0 Å². The number of anilines is 2. The second-order valence-electron chi connectivity index (χ2n) is 5.60. The maximum absolute atomic E-state index is 12.5. The van der Waals surface area contributed by atoms with Gasteiger partial charge in [0.25, 0.3) is 15.7 Å². The lowest BCUT2D eigenvalue weighted by molar-refractivity contribution is -0.384. The molecule has 1 amide bonds. The molecule has 0 unspecified atom stereocenters. The number of rotatable bonds is 8. The molecule has 0 aromatic heterocycles. The minimum atomic E-state index is -4.05. The number of carbonyl (C=O) groups is 1. The minimum absolute atomic E-state index is 0.0998. The molecule has 0 heterocycles. The highest BCUT2D eigenvalue weighted by Gasteiger charge is 2.22. The first-order valence-corrected chi connectivity index (χ1v) is 9.53. The molecule has 0 atom stereocenters. The van der Waals surface area contributed by atoms with E-state index >= 15 is 0 Å². The standard InChI is InChI=1S/C17H19N3O6S/c1-3-10-26-14-6-9-16(17(11-14)20(22)23)19-27(24,25)15-7-4-13(5-8-15)18-12(2)21/h4-9,11,19H,3,10H2,1-2H3,(H,18,21). The number of carbonyl (C=O) groups excluding carboxylic acids is 1. The molecule has 0 fully saturated rings. The van der Waals surface area contributed by atoms with Crippen molar-refractivity contribution >= 4 is 33.0 Å². The van der Waals surface area contributed by atoms with E-state index in [0.717, 1.165) is 6.42 Å². The van der Waals surface area contributed by atoms with Crippen LogP contribution in [0.25, 0.3) is 0 Å². The zero-order valence-corrected chi connectivity index (χ0v) is 15.6. The van der Waals surface area contributed by atoms with Gasteiger partial charge in [-0.05, 0) is 42.8 Å². The van der Waals surface area contributed by atoms with Gasteiger partial charge in [-0.15, -0.1) is 0 Å². The quantitative estimate of drug-likeness (QED) is 0.524. The van der Waals surface area contributed by atoms with Crippen LogP contribution in [0.1, 0.15) is 20.3 Å². The third-order valence-corrected chi connectivity index (χ3v) is 4.75. The molecule has 0 aliphatic carbocycles. The van der Waals surface area contributed by atoms with Crippen LogP contribution < -0.4 is 14.8 Å². The summed E-state index contributed by atoms with van der Waals surface area (Å²) in [5, 5.41) is 13.8. The van der Waals surface area contributed by atoms with E-state index < -0.39 is 20.6 Å². The van der Waals surface area contributed by atoms with Gasteiger partial charge in [0.05, 0.1) is 22.5 Å². The fourth-order valence-corrected chi connectivity index (χ4v) is 3.26. The number of ether oxygens (including phenoxy) is 1. The van der Waals surface area contributed by atoms with Crippen molar-refractivity contribution in [1.82, 2.24) is 0 Å². The van der Waals surface area contributed by atoms with Crippen LogP contribution in [0.3, 0.4) is 0 Å². The van der Waals surface area contributed by atoms with Gasteiger partial charge >= 0.3 is 0 Å². The molecule has 2 rings (SSSR count). The average Bonchev–Trinajstić information content (AvgIpc) is 2.60. The Morgan fingerprint density at radius 1 is 1.19 bits per heavy atom. The van der Waals surface area contributed by atoms with E-state index in [0.29, 0.717) is 12.3 Å². The van der Waals surface area contributed by atoms with Crippen molar-refractivity contribution in [2.45, 2.75) is 25.2 Å². The Bertz CT molecular complexity index is 942. The molecule has 2 aromatic carbocycles. The van der Waals surface area contributed by atoms with E-state index in [-0.39, 0.29) is 22.2 Å². The first-order valence-electron chi connectivity index (χ1n) is 8.04. The summed E-state index contributed by atoms with van der Waals surface area (Å²) < 4.78 is 32.6. The fraction of sp³-hybridized carbons (Fsp3) is 0.235. The molecule has 27 heavy (non-hydrogen) atoms. The fourth-order valence-electron chi connectivity index (χ4n) is 2.18. The van der Waals surface area contributed by atoms with Crippen molar-refractivity contribution in [3.05, 3.63) is 52.6 Å². The molecule has 0 spiro atoms. The van der Waals surface area contributed by atoms with Crippen LogP contribution >= 0.6 is 0 Å². The molecule has 2 aromatic rings. The van der Waals surface area contributed by atoms with E-state index in [1.54, 1.807) is 0 Å². The predicted octanol–water partition coefficient (Wildman–Crippen LogP) is 3.14. The van der Waals surface area contributed by atoms with Gasteiger partial charge < -0.3 is 10.1 Å². The van der Waals surface area contributed by atoms with E-state index in [1.165, 1.54) is 49.4 Å². The summed E-state index contributed by atoms with van der Waals surface area (Å²) >= 11 is 0. The summed E-state index contributed by atoms with van der Waals surface area (Å²) in [6.45, 7) is 3.62. The number of nitro benzene ring substituents is 1. The lowest BCUT2D eigenvalue weighted by Crippen LogP contribution is -2.14. The maximum Gasteiger partial charge on any atom is 0.297 e. The van der Waals surface area contributed by atoms with Gasteiger partial charge in [0.15, 0.2) is 0 Å². The number of nitro groups is 1. The number of benzene rings is 2. The van der Waals surface area contributed by atoms with Crippen molar-refractivity contribution in [1.29, 1.82) is 0 Å². The summed E-state index contributed by atoms with van der Waals surface area (Å²) in [5.41, 5.74) is -0.151. The smallest absolute Gasteiger partial charge is 0.297 e. The molecular weight excluding hydrogens is 374 g/mol. The van der Waals surface area contributed by atoms with Crippen LogP contribution in [0.15, 0.2) is 47.4 Å². The molecule has 0 bridgehead atoms. The summed E-state index contributed by atoms with van der Waals surface area (Å²) in [4.78, 5) is 21.5. The highest BCUT2D eigenvalue weighted by molar-refractivity contribution is 7.92. The average molecular weight is 393 g/mol. The van der Waals surface area contributed by atoms with Crippen LogP contribution in [0, 0.1) is 10.1 Å². The van der Waals surface area contributed by atoms with E-state index in [9.17, 15) is 23.3 Å². The number of hydrogen-bond acceptors (Lipinski definition) is 6. The number of hydrogen-bond donors (Lipinski definition) is 2. The van der Waals surface area contributed by atoms with E-state index in [1.807, 2.05) is 6.92 Å². The van der Waals surface area contributed by atoms with E-state index in [4.69, 9.17) is 4.74 Å². The third-order valence-electron chi connectivity index (χ3n) is 3.37. The van der Waals surface area contributed by atoms with Crippen LogP contribution in [0.4, 0.5) is 17.1 Å². The number of nitrogens with one attached hydrogen (secondary N) is 2. The van der Waals surface area contributed by atoms with Crippen molar-refractivity contribution in [2.24, 2.45) is 0 Å². The Morgan fingerprint density at radius 3 is 2.41 bits per heavy atom. The van der Waals surface area contributed by atoms with Crippen molar-refractivity contribution < 1.29 is 22.9 Å². The number of nitrogens with zero attached hydrogens (tertiary/aromatic N) is 1. The Labute approximate surface area is 156 Å². The molecule has 10 heteroatoms. The normalized spacial score (nSPS) is 10.9. The Morgan fingerprint density at radius 2 is 1.85 bits per heavy atom. The molecule has 144 valence electrons. The predicted molar refractivity (Wildman–Crippen MR) is 100 cm³/mol. The Balaban J connectivity index is 2.28. The zero-order valence-electron chi connectivity index (χ0n) is 14.8. The second kappa shape index (κ2) is 8.49. The van der Waals surface area contributed by atoms with Gasteiger partial charge in [0, 0.05) is 12.6 Å². The summed E-state index contributed by atoms with van der Waals surface area (Å²) in [6.07, 6.45) is 0.733. The molecule has 2 N–H and O–H groups in total. The molecule has 0 aliphatic rings. The molecule has 0 aliphatic heterocycles. The van der Waals surface area contributed by atoms with Gasteiger partial charge in [-0.3, -0.25) is 19.6 Å². The largest absolute Gasteiger partial charge is 0.493 e. The van der Waals surface area contributed by atoms with Crippen LogP contribution in [0.5, 0.6) is 5.75 Å². The zero-order chi connectivity index (χ0) is 20.0. The van der Waals surface area contributed by atoms with Gasteiger partial charge in [-0.1, -0.05) is 6.92 Å². The number of sulfonamides is 1. The van der Waals surface area contributed by atoms with Crippen LogP contribution in [0.2, 0.25) is 0 Å². The lowest BCUT2D eigenvalue weighted by Gasteiger charge is -2.11. The van der Waals surface area contributed by atoms with Gasteiger partial charge in [-0.25, -0.2) is 8.42 Å². The van der Waals surface area contributed by atoms with Gasteiger partial charge in [0.1, 0.15) is 11.4 Å². The molecule has 0 saturated heterocycles. The van der Waals surface area contributed by atoms with Gasteiger partial charge in [-0.2, -0.15) is 0 Å². The van der Waals surface area contributed by atoms with Gasteiger partial charge in [0.2, 0.25) is 5.91 Å². The Kier molecular flexibility index (Phi) is 6.35. The topological polar surface area (TPSA) is 128 Å². The lowest BCUT2D eigenvalue weighted by atomic mass is 10.2. The molecule has 0 saturated carbocycles. The molecule has 9 nitrogen and oxygen atoms in total. The van der Waals surface area contributed by atoms with Crippen LogP contribution in [-0.2, 0) is 14.8 Å². The number of amides is 1. The minimum Gasteiger partial charge on any atom is -0.493 e. The summed E-state index contributed by atoms with van der Waals surface area (Å²) in [5.74, 6) is -0.00380. The molecular formula is C17H19N3O6S. The first kappa shape index (κ1) is 20.2. The van der Waals surface area contributed by atoms with Crippen molar-refractivity contribution in [2.75, 3.05) is 16.6 Å². The highest BCUT2D eigenvalue weighted by Crippen LogP contribution is 2.31. The monoisotopic (exact) mass is 393 g/mol. The van der Waals surface area contributed by atoms with Crippen LogP contribution in [-0.4, -0.2) is 25.9 Å². The third kappa shape index (κ3) is 5.42. The maximum atomic E-state index is 12.5. The highest BCUT2D eigenvalue weighted by atomic mass is 32.2. The van der Waals surface area contributed by atoms with Crippen molar-refractivity contribution in [3.8, 4) is 5.75 Å². The Hall–Kier alpha value is -3.14. The summed E-state index contributed by atoms with van der Waals surface area (Å²) in [7, 11) is -4.05. The second-order valence-corrected chi connectivity index (χ2v) is 7.28.